The largest absolute Gasteiger partial charge is 0.306 e. The van der Waals surface area contributed by atoms with E-state index in [9.17, 15) is 4.79 Å². The summed E-state index contributed by atoms with van der Waals surface area (Å²) < 4.78 is 1.65. The van der Waals surface area contributed by atoms with E-state index in [1.807, 2.05) is 6.92 Å². The maximum atomic E-state index is 11.7. The van der Waals surface area contributed by atoms with Crippen LogP contribution in [0, 0.1) is 6.92 Å². The van der Waals surface area contributed by atoms with E-state index in [0.29, 0.717) is 21.7 Å². The molecule has 0 aliphatic carbocycles. The van der Waals surface area contributed by atoms with E-state index in [0.717, 1.165) is 5.69 Å². The summed E-state index contributed by atoms with van der Waals surface area (Å²) in [5.74, 6) is 0. The Balaban J connectivity index is 2.65. The van der Waals surface area contributed by atoms with Gasteiger partial charge in [0.15, 0.2) is 0 Å². The van der Waals surface area contributed by atoms with E-state index in [-0.39, 0.29) is 5.56 Å². The first kappa shape index (κ1) is 9.35. The number of rotatable bonds is 0. The molecule has 3 aromatic rings. The standard InChI is InChI=1S/C10H7ClN4O/c1-5-2-9-13-10(16)6-4-12-8(11)3-7(6)15(9)14-5/h2-4H,1H3,(H,13,16). The molecule has 0 fully saturated rings. The van der Waals surface area contributed by atoms with Gasteiger partial charge in [0, 0.05) is 18.3 Å². The summed E-state index contributed by atoms with van der Waals surface area (Å²) in [6, 6.07) is 3.43. The molecule has 5 nitrogen and oxygen atoms in total. The molecule has 0 unspecified atom stereocenters. The first-order chi connectivity index (χ1) is 7.65. The third-order valence-electron chi connectivity index (χ3n) is 2.39. The summed E-state index contributed by atoms with van der Waals surface area (Å²) in [6.45, 7) is 1.86. The van der Waals surface area contributed by atoms with Crippen molar-refractivity contribution in [3.8, 4) is 0 Å². The number of aryl methyl sites for hydroxylation is 1. The fourth-order valence-electron chi connectivity index (χ4n) is 1.73. The number of hydrogen-bond donors (Lipinski definition) is 1. The summed E-state index contributed by atoms with van der Waals surface area (Å²) in [6.07, 6.45) is 1.45. The number of pyridine rings is 1. The minimum absolute atomic E-state index is 0.188. The highest BCUT2D eigenvalue weighted by molar-refractivity contribution is 6.30. The van der Waals surface area contributed by atoms with Gasteiger partial charge in [-0.15, -0.1) is 0 Å². The normalized spacial score (nSPS) is 11.4. The van der Waals surface area contributed by atoms with Gasteiger partial charge in [0.25, 0.3) is 5.56 Å². The smallest absolute Gasteiger partial charge is 0.260 e. The van der Waals surface area contributed by atoms with Crippen LogP contribution in [0.4, 0.5) is 0 Å². The molecule has 0 aliphatic rings. The SMILES string of the molecule is Cc1cc2[nH]c(=O)c3cnc(Cl)cc3n2n1. The second kappa shape index (κ2) is 3.05. The zero-order chi connectivity index (χ0) is 11.3. The van der Waals surface area contributed by atoms with Crippen LogP contribution in [-0.2, 0) is 0 Å². The number of aromatic nitrogens is 4. The first-order valence-electron chi connectivity index (χ1n) is 4.69. The summed E-state index contributed by atoms with van der Waals surface area (Å²) in [7, 11) is 0. The van der Waals surface area contributed by atoms with Crippen LogP contribution in [0.25, 0.3) is 16.6 Å². The van der Waals surface area contributed by atoms with Gasteiger partial charge >= 0.3 is 0 Å². The number of aromatic amines is 1. The van der Waals surface area contributed by atoms with E-state index in [4.69, 9.17) is 11.6 Å². The van der Waals surface area contributed by atoms with Gasteiger partial charge in [0.1, 0.15) is 10.8 Å². The van der Waals surface area contributed by atoms with Gasteiger partial charge in [-0.3, -0.25) is 4.79 Å². The second-order valence-corrected chi connectivity index (χ2v) is 3.95. The lowest BCUT2D eigenvalue weighted by Crippen LogP contribution is -2.10. The van der Waals surface area contributed by atoms with E-state index in [2.05, 4.69) is 15.1 Å². The number of halogens is 1. The minimum Gasteiger partial charge on any atom is -0.306 e. The van der Waals surface area contributed by atoms with Crippen LogP contribution >= 0.6 is 11.6 Å². The van der Waals surface area contributed by atoms with Crippen molar-refractivity contribution in [2.45, 2.75) is 6.92 Å². The molecule has 3 heterocycles. The number of H-pyrrole nitrogens is 1. The van der Waals surface area contributed by atoms with Crippen molar-refractivity contribution in [2.75, 3.05) is 0 Å². The predicted molar refractivity (Wildman–Crippen MR) is 60.9 cm³/mol. The molecule has 0 saturated carbocycles. The average Bonchev–Trinajstić information content (AvgIpc) is 2.59. The van der Waals surface area contributed by atoms with Crippen LogP contribution in [0.5, 0.6) is 0 Å². The molecule has 1 N–H and O–H groups in total. The van der Waals surface area contributed by atoms with Gasteiger partial charge in [-0.1, -0.05) is 11.6 Å². The molecule has 3 rings (SSSR count). The van der Waals surface area contributed by atoms with Crippen molar-refractivity contribution >= 4 is 28.2 Å². The Bertz CT molecular complexity index is 758. The van der Waals surface area contributed by atoms with Crippen LogP contribution in [0.15, 0.2) is 23.1 Å². The molecule has 0 spiro atoms. The molecule has 80 valence electrons. The summed E-state index contributed by atoms with van der Waals surface area (Å²) in [4.78, 5) is 18.4. The van der Waals surface area contributed by atoms with Gasteiger partial charge in [-0.2, -0.15) is 5.10 Å². The third-order valence-corrected chi connectivity index (χ3v) is 2.60. The quantitative estimate of drug-likeness (QED) is 0.600. The van der Waals surface area contributed by atoms with Crippen molar-refractivity contribution in [3.63, 3.8) is 0 Å². The lowest BCUT2D eigenvalue weighted by molar-refractivity contribution is 0.949. The van der Waals surface area contributed by atoms with Gasteiger partial charge in [-0.05, 0) is 6.92 Å². The summed E-state index contributed by atoms with van der Waals surface area (Å²) in [5.41, 5.74) is 1.95. The van der Waals surface area contributed by atoms with Crippen LogP contribution < -0.4 is 5.56 Å². The van der Waals surface area contributed by atoms with Crippen molar-refractivity contribution in [2.24, 2.45) is 0 Å². The second-order valence-electron chi connectivity index (χ2n) is 3.56. The summed E-state index contributed by atoms with van der Waals surface area (Å²) >= 11 is 5.81. The highest BCUT2D eigenvalue weighted by Crippen LogP contribution is 2.14. The Hall–Kier alpha value is -1.88. The fourth-order valence-corrected chi connectivity index (χ4v) is 1.88. The molecule has 0 atom stereocenters. The van der Waals surface area contributed by atoms with E-state index >= 15 is 0 Å². The predicted octanol–water partition coefficient (Wildman–Crippen LogP) is 1.53. The van der Waals surface area contributed by atoms with Gasteiger partial charge < -0.3 is 4.98 Å². The zero-order valence-corrected chi connectivity index (χ0v) is 9.12. The lowest BCUT2D eigenvalue weighted by atomic mass is 10.3. The number of nitrogens with one attached hydrogen (secondary N) is 1. The Labute approximate surface area is 94.7 Å². The lowest BCUT2D eigenvalue weighted by Gasteiger charge is -2.00. The maximum absolute atomic E-state index is 11.7. The number of nitrogens with zero attached hydrogens (tertiary/aromatic N) is 3. The molecule has 0 aliphatic heterocycles. The van der Waals surface area contributed by atoms with E-state index in [1.54, 1.807) is 16.6 Å². The monoisotopic (exact) mass is 234 g/mol. The molecule has 0 bridgehead atoms. The third kappa shape index (κ3) is 1.22. The van der Waals surface area contributed by atoms with Gasteiger partial charge in [-0.25, -0.2) is 9.50 Å². The van der Waals surface area contributed by atoms with Crippen LogP contribution in [0.3, 0.4) is 0 Å². The van der Waals surface area contributed by atoms with Gasteiger partial charge in [0.2, 0.25) is 0 Å². The Kier molecular flexibility index (Phi) is 1.79. The fraction of sp³-hybridized carbons (Fsp3) is 0.100. The van der Waals surface area contributed by atoms with Crippen molar-refractivity contribution in [1.29, 1.82) is 0 Å². The Morgan fingerprint density at radius 2 is 2.25 bits per heavy atom. The molecule has 6 heteroatoms. The maximum Gasteiger partial charge on any atom is 0.260 e. The molecule has 3 aromatic heterocycles. The highest BCUT2D eigenvalue weighted by atomic mass is 35.5. The average molecular weight is 235 g/mol. The van der Waals surface area contributed by atoms with Crippen LogP contribution in [-0.4, -0.2) is 19.6 Å². The van der Waals surface area contributed by atoms with Crippen LogP contribution in [0.1, 0.15) is 5.69 Å². The zero-order valence-electron chi connectivity index (χ0n) is 8.36. The Morgan fingerprint density at radius 3 is 3.06 bits per heavy atom. The Morgan fingerprint density at radius 1 is 1.44 bits per heavy atom. The molecular weight excluding hydrogens is 228 g/mol. The van der Waals surface area contributed by atoms with Crippen molar-refractivity contribution in [3.05, 3.63) is 39.5 Å². The number of fused-ring (bicyclic) bond motifs is 3. The highest BCUT2D eigenvalue weighted by Gasteiger charge is 2.07. The molecule has 0 amide bonds. The molecule has 0 saturated heterocycles. The molecule has 16 heavy (non-hydrogen) atoms. The van der Waals surface area contributed by atoms with E-state index in [1.165, 1.54) is 6.20 Å². The molecular formula is C10H7ClN4O. The molecule has 0 aromatic carbocycles. The van der Waals surface area contributed by atoms with Crippen LogP contribution in [0.2, 0.25) is 5.15 Å². The molecule has 0 radical (unpaired) electrons. The minimum atomic E-state index is -0.188. The van der Waals surface area contributed by atoms with Gasteiger partial charge in [0.05, 0.1) is 16.6 Å². The summed E-state index contributed by atoms with van der Waals surface area (Å²) in [5, 5.41) is 5.10. The topological polar surface area (TPSA) is 63.0 Å². The van der Waals surface area contributed by atoms with Crippen molar-refractivity contribution in [1.82, 2.24) is 19.6 Å². The van der Waals surface area contributed by atoms with E-state index < -0.39 is 0 Å². The van der Waals surface area contributed by atoms with Crippen molar-refractivity contribution < 1.29 is 0 Å². The first-order valence-corrected chi connectivity index (χ1v) is 5.07. The number of hydrogen-bond acceptors (Lipinski definition) is 3.